The second kappa shape index (κ2) is 3.74. The van der Waals surface area contributed by atoms with Gasteiger partial charge < -0.3 is 10.1 Å². The van der Waals surface area contributed by atoms with Crippen molar-refractivity contribution in [1.29, 1.82) is 0 Å². The Morgan fingerprint density at radius 3 is 2.67 bits per heavy atom. The van der Waals surface area contributed by atoms with Crippen molar-refractivity contribution in [3.05, 3.63) is 0 Å². The van der Waals surface area contributed by atoms with Crippen LogP contribution in [0.2, 0.25) is 0 Å². The Morgan fingerprint density at radius 2 is 2.07 bits per heavy atom. The molecule has 2 aliphatic carbocycles. The van der Waals surface area contributed by atoms with Gasteiger partial charge >= 0.3 is 0 Å². The van der Waals surface area contributed by atoms with Crippen molar-refractivity contribution in [2.24, 2.45) is 11.3 Å². The number of ether oxygens (including phenoxy) is 1. The summed E-state index contributed by atoms with van der Waals surface area (Å²) in [6.07, 6.45) is 8.88. The molecule has 0 amide bonds. The zero-order valence-corrected chi connectivity index (χ0v) is 9.80. The summed E-state index contributed by atoms with van der Waals surface area (Å²) in [5.74, 6) is 1.09. The van der Waals surface area contributed by atoms with Gasteiger partial charge in [0.05, 0.1) is 6.10 Å². The minimum absolute atomic E-state index is 0.465. The molecule has 3 fully saturated rings. The maximum Gasteiger partial charge on any atom is 0.0561 e. The molecule has 2 nitrogen and oxygen atoms in total. The van der Waals surface area contributed by atoms with E-state index >= 15 is 0 Å². The van der Waals surface area contributed by atoms with Gasteiger partial charge in [0.1, 0.15) is 0 Å². The highest BCUT2D eigenvalue weighted by Crippen LogP contribution is 2.60. The maximum atomic E-state index is 5.58. The molecular weight excluding hydrogens is 186 g/mol. The number of nitrogens with one attached hydrogen (secondary N) is 1. The molecule has 1 aliphatic heterocycles. The SMILES string of the molecule is CC1CC(NCC2(C3CC3)CC2)CCO1. The van der Waals surface area contributed by atoms with Crippen LogP contribution in [0.5, 0.6) is 0 Å². The zero-order chi connectivity index (χ0) is 10.3. The number of rotatable bonds is 4. The zero-order valence-electron chi connectivity index (χ0n) is 9.80. The Bertz CT molecular complexity index is 233. The highest BCUT2D eigenvalue weighted by Gasteiger charge is 2.53. The van der Waals surface area contributed by atoms with Crippen LogP contribution >= 0.6 is 0 Å². The van der Waals surface area contributed by atoms with Crippen LogP contribution in [0.1, 0.15) is 45.4 Å². The van der Waals surface area contributed by atoms with Crippen LogP contribution in [0, 0.1) is 11.3 Å². The third-order valence-electron chi connectivity index (χ3n) is 4.56. The molecule has 0 bridgehead atoms. The van der Waals surface area contributed by atoms with Gasteiger partial charge in [0, 0.05) is 19.2 Å². The summed E-state index contributed by atoms with van der Waals surface area (Å²) in [6, 6.07) is 0.727. The molecule has 2 atom stereocenters. The predicted octanol–water partition coefficient (Wildman–Crippen LogP) is 2.33. The Labute approximate surface area is 92.8 Å². The first-order valence-corrected chi connectivity index (χ1v) is 6.63. The van der Waals surface area contributed by atoms with Crippen LogP contribution < -0.4 is 5.32 Å². The molecule has 2 saturated carbocycles. The van der Waals surface area contributed by atoms with E-state index in [9.17, 15) is 0 Å². The summed E-state index contributed by atoms with van der Waals surface area (Å²) in [4.78, 5) is 0. The van der Waals surface area contributed by atoms with Crippen LogP contribution in [0.15, 0.2) is 0 Å². The molecule has 15 heavy (non-hydrogen) atoms. The molecule has 0 aromatic heterocycles. The van der Waals surface area contributed by atoms with Gasteiger partial charge in [0.2, 0.25) is 0 Å². The van der Waals surface area contributed by atoms with Crippen molar-refractivity contribution in [1.82, 2.24) is 5.32 Å². The topological polar surface area (TPSA) is 21.3 Å². The fourth-order valence-corrected chi connectivity index (χ4v) is 3.12. The smallest absolute Gasteiger partial charge is 0.0561 e. The van der Waals surface area contributed by atoms with E-state index in [1.54, 1.807) is 0 Å². The van der Waals surface area contributed by atoms with Crippen LogP contribution in [-0.2, 0) is 4.74 Å². The molecular formula is C13H23NO. The Hall–Kier alpha value is -0.0800. The molecule has 0 aromatic rings. The van der Waals surface area contributed by atoms with E-state index in [1.165, 1.54) is 45.1 Å². The van der Waals surface area contributed by atoms with Crippen LogP contribution in [0.3, 0.4) is 0 Å². The molecule has 3 rings (SSSR count). The first kappa shape index (κ1) is 10.1. The summed E-state index contributed by atoms with van der Waals surface area (Å²) in [6.45, 7) is 4.44. The van der Waals surface area contributed by atoms with Gasteiger partial charge in [-0.1, -0.05) is 0 Å². The highest BCUT2D eigenvalue weighted by molar-refractivity contribution is 5.05. The summed E-state index contributed by atoms with van der Waals surface area (Å²) in [5, 5.41) is 3.80. The van der Waals surface area contributed by atoms with E-state index in [-0.39, 0.29) is 0 Å². The van der Waals surface area contributed by atoms with Gasteiger partial charge in [-0.05, 0) is 56.8 Å². The van der Waals surface area contributed by atoms with Gasteiger partial charge in [0.15, 0.2) is 0 Å². The summed E-state index contributed by atoms with van der Waals surface area (Å²) in [5.41, 5.74) is 0.752. The second-order valence-electron chi connectivity index (χ2n) is 5.92. The van der Waals surface area contributed by atoms with Crippen molar-refractivity contribution < 1.29 is 4.74 Å². The molecule has 1 heterocycles. The molecule has 0 spiro atoms. The predicted molar refractivity (Wildman–Crippen MR) is 60.8 cm³/mol. The molecule has 1 N–H and O–H groups in total. The van der Waals surface area contributed by atoms with Gasteiger partial charge in [-0.2, -0.15) is 0 Å². The summed E-state index contributed by atoms with van der Waals surface area (Å²) < 4.78 is 5.58. The first-order chi connectivity index (χ1) is 7.28. The van der Waals surface area contributed by atoms with Crippen LogP contribution in [0.4, 0.5) is 0 Å². The highest BCUT2D eigenvalue weighted by atomic mass is 16.5. The molecule has 0 aromatic carbocycles. The monoisotopic (exact) mass is 209 g/mol. The van der Waals surface area contributed by atoms with Crippen molar-refractivity contribution >= 4 is 0 Å². The summed E-state index contributed by atoms with van der Waals surface area (Å²) >= 11 is 0. The van der Waals surface area contributed by atoms with Gasteiger partial charge in [-0.3, -0.25) is 0 Å². The molecule has 3 aliphatic rings. The lowest BCUT2D eigenvalue weighted by atomic mass is 9.98. The lowest BCUT2D eigenvalue weighted by Gasteiger charge is -2.29. The maximum absolute atomic E-state index is 5.58. The molecule has 2 unspecified atom stereocenters. The number of hydrogen-bond donors (Lipinski definition) is 1. The van der Waals surface area contributed by atoms with Crippen molar-refractivity contribution in [2.45, 2.75) is 57.6 Å². The standard InChI is InChI=1S/C13H23NO/c1-10-8-12(4-7-15-10)14-9-13(5-6-13)11-2-3-11/h10-12,14H,2-9H2,1H3. The average molecular weight is 209 g/mol. The summed E-state index contributed by atoms with van der Waals surface area (Å²) in [7, 11) is 0. The minimum Gasteiger partial charge on any atom is -0.378 e. The fourth-order valence-electron chi connectivity index (χ4n) is 3.12. The average Bonchev–Trinajstić information content (AvgIpc) is 3.08. The lowest BCUT2D eigenvalue weighted by molar-refractivity contribution is 0.0123. The van der Waals surface area contributed by atoms with Gasteiger partial charge in [-0.25, -0.2) is 0 Å². The van der Waals surface area contributed by atoms with Crippen molar-refractivity contribution in [3.63, 3.8) is 0 Å². The third-order valence-corrected chi connectivity index (χ3v) is 4.56. The molecule has 2 heteroatoms. The van der Waals surface area contributed by atoms with Crippen LogP contribution in [-0.4, -0.2) is 25.3 Å². The quantitative estimate of drug-likeness (QED) is 0.767. The van der Waals surface area contributed by atoms with E-state index in [0.717, 1.165) is 24.0 Å². The first-order valence-electron chi connectivity index (χ1n) is 6.63. The molecule has 1 saturated heterocycles. The normalized spacial score (nSPS) is 39.0. The minimum atomic E-state index is 0.465. The van der Waals surface area contributed by atoms with Crippen molar-refractivity contribution in [2.75, 3.05) is 13.2 Å². The molecule has 86 valence electrons. The van der Waals surface area contributed by atoms with E-state index in [2.05, 4.69) is 12.2 Å². The lowest BCUT2D eigenvalue weighted by Crippen LogP contribution is -2.41. The van der Waals surface area contributed by atoms with E-state index in [1.807, 2.05) is 0 Å². The number of hydrogen-bond acceptors (Lipinski definition) is 2. The second-order valence-corrected chi connectivity index (χ2v) is 5.92. The largest absolute Gasteiger partial charge is 0.378 e. The van der Waals surface area contributed by atoms with E-state index in [4.69, 9.17) is 4.74 Å². The van der Waals surface area contributed by atoms with Gasteiger partial charge in [-0.15, -0.1) is 0 Å². The molecule has 0 radical (unpaired) electrons. The Kier molecular flexibility index (Phi) is 2.52. The Morgan fingerprint density at radius 1 is 1.27 bits per heavy atom. The van der Waals surface area contributed by atoms with E-state index < -0.39 is 0 Å². The third kappa shape index (κ3) is 2.21. The Balaban J connectivity index is 1.45. The van der Waals surface area contributed by atoms with E-state index in [0.29, 0.717) is 6.10 Å². The van der Waals surface area contributed by atoms with Gasteiger partial charge in [0.25, 0.3) is 0 Å². The fraction of sp³-hybridized carbons (Fsp3) is 1.00. The van der Waals surface area contributed by atoms with Crippen molar-refractivity contribution in [3.8, 4) is 0 Å². The van der Waals surface area contributed by atoms with Crippen LogP contribution in [0.25, 0.3) is 0 Å².